The van der Waals surface area contributed by atoms with E-state index in [0.29, 0.717) is 25.2 Å². The molecule has 158 valence electrons. The van der Waals surface area contributed by atoms with Gasteiger partial charge in [-0.1, -0.05) is 19.1 Å². The van der Waals surface area contributed by atoms with E-state index in [2.05, 4.69) is 32.7 Å². The molecule has 0 fully saturated rings. The quantitative estimate of drug-likeness (QED) is 0.472. The highest BCUT2D eigenvalue weighted by Gasteiger charge is 2.11. The Bertz CT molecular complexity index is 779. The van der Waals surface area contributed by atoms with Crippen LogP contribution in [0, 0.1) is 0 Å². The second-order valence-electron chi connectivity index (χ2n) is 6.59. The van der Waals surface area contributed by atoms with Gasteiger partial charge in [0.05, 0.1) is 6.54 Å². The smallest absolute Gasteiger partial charge is 0.253 e. The van der Waals surface area contributed by atoms with Crippen LogP contribution in [0.5, 0.6) is 0 Å². The zero-order valence-electron chi connectivity index (χ0n) is 18.0. The number of nitrogens with zero attached hydrogens (tertiary/aromatic N) is 5. The van der Waals surface area contributed by atoms with Gasteiger partial charge in [0.25, 0.3) is 5.91 Å². The van der Waals surface area contributed by atoms with Crippen molar-refractivity contribution in [2.24, 2.45) is 4.99 Å². The van der Waals surface area contributed by atoms with Gasteiger partial charge in [-0.2, -0.15) is 0 Å². The molecule has 0 aliphatic carbocycles. The zero-order chi connectivity index (χ0) is 21.1. The molecule has 0 unspecified atom stereocenters. The summed E-state index contributed by atoms with van der Waals surface area (Å²) in [4.78, 5) is 18.9. The minimum atomic E-state index is 0.0699. The maximum atomic E-state index is 12.4. The fourth-order valence-corrected chi connectivity index (χ4v) is 2.99. The maximum absolute atomic E-state index is 12.4. The Morgan fingerprint density at radius 2 is 1.83 bits per heavy atom. The molecule has 1 aromatic heterocycles. The van der Waals surface area contributed by atoms with Gasteiger partial charge in [-0.15, -0.1) is 10.2 Å². The Balaban J connectivity index is 1.92. The Morgan fingerprint density at radius 1 is 1.10 bits per heavy atom. The van der Waals surface area contributed by atoms with E-state index >= 15 is 0 Å². The lowest BCUT2D eigenvalue weighted by atomic mass is 10.1. The van der Waals surface area contributed by atoms with Crippen molar-refractivity contribution in [3.8, 4) is 0 Å². The first kappa shape index (κ1) is 22.4. The van der Waals surface area contributed by atoms with Crippen LogP contribution in [0.25, 0.3) is 0 Å². The van der Waals surface area contributed by atoms with Gasteiger partial charge in [0.2, 0.25) is 0 Å². The number of aryl methyl sites for hydroxylation is 1. The summed E-state index contributed by atoms with van der Waals surface area (Å²) in [5.74, 6) is 1.82. The van der Waals surface area contributed by atoms with E-state index in [1.807, 2.05) is 54.5 Å². The number of aliphatic imine (C=N–C) groups is 1. The van der Waals surface area contributed by atoms with Crippen molar-refractivity contribution in [1.29, 1.82) is 0 Å². The topological polar surface area (TPSA) is 87.4 Å². The molecule has 0 spiro atoms. The minimum Gasteiger partial charge on any atom is -0.357 e. The predicted molar refractivity (Wildman–Crippen MR) is 116 cm³/mol. The van der Waals surface area contributed by atoms with Gasteiger partial charge in [0.15, 0.2) is 5.96 Å². The lowest BCUT2D eigenvalue weighted by Crippen LogP contribution is -2.38. The van der Waals surface area contributed by atoms with Crippen molar-refractivity contribution in [3.05, 3.63) is 47.5 Å². The second kappa shape index (κ2) is 11.8. The highest BCUT2D eigenvalue weighted by atomic mass is 16.2. The number of nitrogens with one attached hydrogen (secondary N) is 2. The normalized spacial score (nSPS) is 11.4. The van der Waals surface area contributed by atoms with Gasteiger partial charge >= 0.3 is 0 Å². The molecule has 0 radical (unpaired) electrons. The first-order valence-electron chi connectivity index (χ1n) is 10.4. The number of hydrogen-bond donors (Lipinski definition) is 2. The molecule has 2 aromatic rings. The van der Waals surface area contributed by atoms with E-state index < -0.39 is 0 Å². The molecule has 0 saturated carbocycles. The molecule has 1 amide bonds. The third kappa shape index (κ3) is 6.58. The molecule has 0 atom stereocenters. The first-order valence-corrected chi connectivity index (χ1v) is 10.4. The highest BCUT2D eigenvalue weighted by Crippen LogP contribution is 2.09. The predicted octanol–water partition coefficient (Wildman–Crippen LogP) is 2.08. The average Bonchev–Trinajstić information content (AvgIpc) is 3.20. The zero-order valence-corrected chi connectivity index (χ0v) is 18.0. The largest absolute Gasteiger partial charge is 0.357 e. The number of hydrogen-bond acceptors (Lipinski definition) is 4. The monoisotopic (exact) mass is 399 g/mol. The summed E-state index contributed by atoms with van der Waals surface area (Å²) >= 11 is 0. The summed E-state index contributed by atoms with van der Waals surface area (Å²) < 4.78 is 2.04. The standard InChI is InChI=1S/C21H33N7O/c1-5-19-26-25-16-28(19)14-13-23-21(22-6-2)24-15-17-9-11-18(12-10-17)20(29)27(7-3)8-4/h9-12,16H,5-8,13-15H2,1-4H3,(H2,22,23,24). The molecule has 1 heterocycles. The Morgan fingerprint density at radius 3 is 2.45 bits per heavy atom. The van der Waals surface area contributed by atoms with Gasteiger partial charge in [-0.25, -0.2) is 4.99 Å². The van der Waals surface area contributed by atoms with Gasteiger partial charge in [-0.05, 0) is 38.5 Å². The number of carbonyl (C=O) groups excluding carboxylic acids is 1. The highest BCUT2D eigenvalue weighted by molar-refractivity contribution is 5.94. The van der Waals surface area contributed by atoms with Crippen LogP contribution in [0.4, 0.5) is 0 Å². The van der Waals surface area contributed by atoms with Crippen LogP contribution in [0.1, 0.15) is 49.4 Å². The molecule has 0 bridgehead atoms. The van der Waals surface area contributed by atoms with Crippen LogP contribution >= 0.6 is 0 Å². The molecule has 8 heteroatoms. The minimum absolute atomic E-state index is 0.0699. The Kier molecular flexibility index (Phi) is 9.14. The molecular formula is C21H33N7O. The van der Waals surface area contributed by atoms with Gasteiger partial charge in [0, 0.05) is 44.7 Å². The van der Waals surface area contributed by atoms with Gasteiger partial charge in [-0.3, -0.25) is 4.79 Å². The second-order valence-corrected chi connectivity index (χ2v) is 6.59. The maximum Gasteiger partial charge on any atom is 0.253 e. The Labute approximate surface area is 173 Å². The number of carbonyl (C=O) groups is 1. The summed E-state index contributed by atoms with van der Waals surface area (Å²) in [5.41, 5.74) is 1.78. The van der Waals surface area contributed by atoms with Crippen LogP contribution < -0.4 is 10.6 Å². The molecule has 2 rings (SSSR count). The average molecular weight is 400 g/mol. The van der Waals surface area contributed by atoms with Crippen LogP contribution in [-0.2, 0) is 19.5 Å². The molecule has 0 aliphatic heterocycles. The molecule has 8 nitrogen and oxygen atoms in total. The number of guanidine groups is 1. The molecule has 29 heavy (non-hydrogen) atoms. The molecule has 2 N–H and O–H groups in total. The third-order valence-electron chi connectivity index (χ3n) is 4.67. The lowest BCUT2D eigenvalue weighted by Gasteiger charge is -2.18. The lowest BCUT2D eigenvalue weighted by molar-refractivity contribution is 0.0773. The van der Waals surface area contributed by atoms with Crippen molar-refractivity contribution >= 4 is 11.9 Å². The molecule has 1 aromatic carbocycles. The summed E-state index contributed by atoms with van der Waals surface area (Å²) in [6, 6.07) is 7.69. The van der Waals surface area contributed by atoms with Crippen LogP contribution in [0.3, 0.4) is 0 Å². The molecule has 0 saturated heterocycles. The number of benzene rings is 1. The van der Waals surface area contributed by atoms with Crippen LogP contribution in [-0.4, -0.2) is 57.7 Å². The van der Waals surface area contributed by atoms with E-state index in [1.54, 1.807) is 6.33 Å². The van der Waals surface area contributed by atoms with Crippen molar-refractivity contribution in [3.63, 3.8) is 0 Å². The molecular weight excluding hydrogens is 366 g/mol. The van der Waals surface area contributed by atoms with Crippen LogP contribution in [0.2, 0.25) is 0 Å². The fraction of sp³-hybridized carbons (Fsp3) is 0.524. The van der Waals surface area contributed by atoms with Crippen molar-refractivity contribution < 1.29 is 4.79 Å². The fourth-order valence-electron chi connectivity index (χ4n) is 2.99. The number of aromatic nitrogens is 3. The van der Waals surface area contributed by atoms with Crippen molar-refractivity contribution in [1.82, 2.24) is 30.3 Å². The van der Waals surface area contributed by atoms with E-state index in [9.17, 15) is 4.79 Å². The number of rotatable bonds is 10. The van der Waals surface area contributed by atoms with E-state index in [1.165, 1.54) is 0 Å². The van der Waals surface area contributed by atoms with E-state index in [0.717, 1.165) is 43.4 Å². The third-order valence-corrected chi connectivity index (χ3v) is 4.67. The van der Waals surface area contributed by atoms with E-state index in [-0.39, 0.29) is 5.91 Å². The van der Waals surface area contributed by atoms with Gasteiger partial charge < -0.3 is 20.1 Å². The number of amides is 1. The van der Waals surface area contributed by atoms with Gasteiger partial charge in [0.1, 0.15) is 12.2 Å². The summed E-state index contributed by atoms with van der Waals surface area (Å²) in [6.07, 6.45) is 2.62. The Hall–Kier alpha value is -2.90. The van der Waals surface area contributed by atoms with Crippen molar-refractivity contribution in [2.45, 2.75) is 47.2 Å². The summed E-state index contributed by atoms with van der Waals surface area (Å²) in [5, 5.41) is 14.7. The SMILES string of the molecule is CCNC(=NCc1ccc(C(=O)N(CC)CC)cc1)NCCn1cnnc1CC. The van der Waals surface area contributed by atoms with E-state index in [4.69, 9.17) is 0 Å². The van der Waals surface area contributed by atoms with Crippen molar-refractivity contribution in [2.75, 3.05) is 26.2 Å². The first-order chi connectivity index (χ1) is 14.1. The molecule has 0 aliphatic rings. The summed E-state index contributed by atoms with van der Waals surface area (Å²) in [6.45, 7) is 12.4. The summed E-state index contributed by atoms with van der Waals surface area (Å²) in [7, 11) is 0. The van der Waals surface area contributed by atoms with Crippen LogP contribution in [0.15, 0.2) is 35.6 Å².